The van der Waals surface area contributed by atoms with Crippen LogP contribution in [0.5, 0.6) is 0 Å². The second-order valence-corrected chi connectivity index (χ2v) is 0. The minimum absolute atomic E-state index is 0. The predicted octanol–water partition coefficient (Wildman–Crippen LogP) is -18.7. The van der Waals surface area contributed by atoms with Gasteiger partial charge in [-0.2, -0.15) is 0 Å². The topological polar surface area (TPSA) is 0 Å². The molecule has 0 bridgehead atoms. The van der Waals surface area contributed by atoms with Crippen LogP contribution in [0, 0.1) is 0 Å². The zero-order valence-electron chi connectivity index (χ0n) is 4.04. The fourth-order valence-corrected chi connectivity index (χ4v) is 0. The summed E-state index contributed by atoms with van der Waals surface area (Å²) >= 11 is 0. The normalized spacial score (nSPS) is 0. The first-order chi connectivity index (χ1) is 0. The van der Waals surface area contributed by atoms with E-state index in [2.05, 4.69) is 0 Å². The van der Waals surface area contributed by atoms with E-state index in [1.165, 1.54) is 0 Å². The molecule has 0 N–H and O–H groups in total. The van der Waals surface area contributed by atoms with Crippen molar-refractivity contribution in [3.05, 3.63) is 0 Å². The Morgan fingerprint density at radius 1 is 0.333 bits per heavy atom. The Morgan fingerprint density at radius 3 is 0.333 bits per heavy atom. The summed E-state index contributed by atoms with van der Waals surface area (Å²) in [5, 5.41) is 0. The van der Waals surface area contributed by atoms with Crippen molar-refractivity contribution in [2.45, 2.75) is 0 Å². The zero-order chi connectivity index (χ0) is 0. The van der Waals surface area contributed by atoms with Gasteiger partial charge in [0.1, 0.15) is 0 Å². The molecule has 54 valence electrons. The Kier molecular flexibility index (Phi) is 734. The van der Waals surface area contributed by atoms with Gasteiger partial charge < -0.3 is 74.4 Å². The molecule has 0 nitrogen and oxygen atoms in total. The molecule has 0 aliphatic carbocycles. The molecule has 0 radical (unpaired) electrons. The van der Waals surface area contributed by atoms with Crippen molar-refractivity contribution < 1.29 is 91.5 Å². The molecule has 0 aromatic rings. The van der Waals surface area contributed by atoms with Crippen LogP contribution in [0.2, 0.25) is 0 Å². The van der Waals surface area contributed by atoms with Crippen LogP contribution in [0.4, 0.5) is 0 Å². The molecule has 0 saturated heterocycles. The number of hydrogen-bond acceptors (Lipinski definition) is 0. The molecule has 0 atom stereocenters. The van der Waals surface area contributed by atoms with Crippen LogP contribution in [0.1, 0.15) is 0 Å². The van der Waals surface area contributed by atoms with Crippen LogP contribution < -0.4 is 74.4 Å². The molecule has 0 amide bonds. The molecule has 0 rings (SSSR count). The van der Waals surface area contributed by atoms with Gasteiger partial charge in [0.2, 0.25) is 0 Å². The van der Waals surface area contributed by atoms with E-state index in [0.29, 0.717) is 0 Å². The van der Waals surface area contributed by atoms with Gasteiger partial charge in [0.15, 0.2) is 0 Å². The quantitative estimate of drug-likeness (QED) is 0.326. The van der Waals surface area contributed by atoms with Gasteiger partial charge >= 0.3 is 108 Å². The van der Waals surface area contributed by atoms with Gasteiger partial charge in [-0.3, -0.25) is 0 Å². The van der Waals surface area contributed by atoms with E-state index in [9.17, 15) is 0 Å². The second-order valence-electron chi connectivity index (χ2n) is 0. The maximum Gasteiger partial charge on any atom is 2.00 e. The first-order valence-corrected chi connectivity index (χ1v) is 0. The van der Waals surface area contributed by atoms with Crippen LogP contribution in [0.3, 0.4) is 0 Å². The van der Waals surface area contributed by atoms with Gasteiger partial charge in [0.25, 0.3) is 0 Å². The summed E-state index contributed by atoms with van der Waals surface area (Å²) in [5.74, 6) is 0. The Morgan fingerprint density at radius 2 is 0.333 bits per heavy atom. The van der Waals surface area contributed by atoms with Crippen molar-refractivity contribution in [2.24, 2.45) is 0 Å². The van der Waals surface area contributed by atoms with Crippen molar-refractivity contribution in [1.29, 1.82) is 0 Å². The fourth-order valence-electron chi connectivity index (χ4n) is 0. The molecule has 0 fully saturated rings. The third-order valence-electron chi connectivity index (χ3n) is 0. The van der Waals surface area contributed by atoms with Gasteiger partial charge in [-0.1, -0.05) is 0 Å². The van der Waals surface area contributed by atoms with Crippen LogP contribution in [0.15, 0.2) is 0 Å². The monoisotopic (exact) mass is 442 g/mol. The van der Waals surface area contributed by atoms with Crippen molar-refractivity contribution in [3.63, 3.8) is 0 Å². The molecule has 0 spiro atoms. The van der Waals surface area contributed by atoms with Gasteiger partial charge in [-0.05, 0) is 0 Å². The van der Waals surface area contributed by atoms with E-state index in [1.807, 2.05) is 0 Å². The van der Waals surface area contributed by atoms with E-state index >= 15 is 0 Å². The molecule has 9 heteroatoms. The number of hydrogen-bond donors (Lipinski definition) is 0. The Hall–Kier alpha value is 5.22. The van der Waals surface area contributed by atoms with Crippen LogP contribution in [-0.4, -0.2) is 91.0 Å². The zero-order valence-corrected chi connectivity index (χ0v) is 16.6. The summed E-state index contributed by atoms with van der Waals surface area (Å²) in [6.45, 7) is 0. The SMILES string of the molecule is [Cl-].[Cl-].[Cl-].[Cl-].[Cl-].[Cl-].[Fe+2].[Sr+2].[Sr+2]. The predicted molar refractivity (Wildman–Crippen MR) is 11.5 cm³/mol. The Balaban J connectivity index is 0. The van der Waals surface area contributed by atoms with E-state index < -0.39 is 0 Å². The standard InChI is InChI=1S/6ClH.Fe.2Sr/h6*1H;;;/q;;;;;;3*+2/p-6. The van der Waals surface area contributed by atoms with E-state index in [-0.39, 0.29) is 182 Å². The van der Waals surface area contributed by atoms with Crippen LogP contribution in [0.25, 0.3) is 0 Å². The van der Waals surface area contributed by atoms with Crippen molar-refractivity contribution in [1.82, 2.24) is 0 Å². The van der Waals surface area contributed by atoms with Gasteiger partial charge in [-0.15, -0.1) is 0 Å². The summed E-state index contributed by atoms with van der Waals surface area (Å²) in [6, 6.07) is 0. The molecule has 0 aliphatic rings. The summed E-state index contributed by atoms with van der Waals surface area (Å²) in [7, 11) is 0. The molecular weight excluding hydrogens is 444 g/mol. The molecule has 9 heavy (non-hydrogen) atoms. The average Bonchev–Trinajstić information content (AvgIpc) is 0. The largest absolute Gasteiger partial charge is 2.00 e. The summed E-state index contributed by atoms with van der Waals surface area (Å²) in [6.07, 6.45) is 0. The summed E-state index contributed by atoms with van der Waals surface area (Å²) in [4.78, 5) is 0. The maximum atomic E-state index is 0. The molecule has 0 aliphatic heterocycles. The Bertz CT molecular complexity index is 11.0. The van der Waals surface area contributed by atoms with Gasteiger partial charge in [0.05, 0.1) is 0 Å². The summed E-state index contributed by atoms with van der Waals surface area (Å²) in [5.41, 5.74) is 0. The summed E-state index contributed by atoms with van der Waals surface area (Å²) < 4.78 is 0. The molecule has 0 aromatic heterocycles. The first-order valence-electron chi connectivity index (χ1n) is 0. The molecule has 0 aromatic carbocycles. The smallest absolute Gasteiger partial charge is 1.00 e. The van der Waals surface area contributed by atoms with Crippen LogP contribution >= 0.6 is 0 Å². The number of halogens is 6. The minimum atomic E-state index is 0. The molecule has 0 unspecified atom stereocenters. The van der Waals surface area contributed by atoms with Crippen molar-refractivity contribution in [2.75, 3.05) is 0 Å². The van der Waals surface area contributed by atoms with Gasteiger partial charge in [0, 0.05) is 0 Å². The van der Waals surface area contributed by atoms with E-state index in [4.69, 9.17) is 0 Å². The maximum absolute atomic E-state index is 0. The minimum Gasteiger partial charge on any atom is -1.00 e. The van der Waals surface area contributed by atoms with Crippen LogP contribution in [-0.2, 0) is 17.1 Å². The fraction of sp³-hybridized carbons (Fsp3) is 0. The van der Waals surface area contributed by atoms with Crippen molar-refractivity contribution in [3.8, 4) is 0 Å². The van der Waals surface area contributed by atoms with E-state index in [0.717, 1.165) is 0 Å². The molecular formula is Cl6FeSr2. The van der Waals surface area contributed by atoms with Gasteiger partial charge in [-0.25, -0.2) is 0 Å². The Labute approximate surface area is 178 Å². The second kappa shape index (κ2) is 72.4. The molecule has 0 heterocycles. The van der Waals surface area contributed by atoms with Crippen molar-refractivity contribution >= 4 is 91.0 Å². The average molecular weight is 444 g/mol. The molecule has 0 saturated carbocycles. The van der Waals surface area contributed by atoms with E-state index in [1.54, 1.807) is 0 Å². The third-order valence-corrected chi connectivity index (χ3v) is 0. The third kappa shape index (κ3) is 61.1. The number of rotatable bonds is 0. The first kappa shape index (κ1) is 91.2.